The number of nitrogens with one attached hydrogen (secondary N) is 1. The number of hydrogen-bond donors (Lipinski definition) is 1. The number of nitriles is 1. The Morgan fingerprint density at radius 1 is 1.36 bits per heavy atom. The lowest BCUT2D eigenvalue weighted by Crippen LogP contribution is -2.45. The molecule has 1 aromatic heterocycles. The molecule has 25 heavy (non-hydrogen) atoms. The highest BCUT2D eigenvalue weighted by Crippen LogP contribution is 2.30. The molecule has 1 N–H and O–H groups in total. The number of rotatable bonds is 3. The summed E-state index contributed by atoms with van der Waals surface area (Å²) in [4.78, 5) is 25.8. The van der Waals surface area contributed by atoms with Crippen LogP contribution in [0.2, 0.25) is 0 Å². The Hall–Kier alpha value is -2.88. The van der Waals surface area contributed by atoms with E-state index < -0.39 is 12.6 Å². The second kappa shape index (κ2) is 6.93. The van der Waals surface area contributed by atoms with Crippen molar-refractivity contribution in [2.45, 2.75) is 18.9 Å². The van der Waals surface area contributed by atoms with E-state index in [0.29, 0.717) is 31.6 Å². The SMILES string of the molecule is Cn1c(=O)c(C#N)c(N2CCC(NC(=O)CF)CC2)c2ccccc21. The lowest BCUT2D eigenvalue weighted by molar-refractivity contribution is -0.122. The number of aryl methyl sites for hydroxylation is 1. The molecule has 6 nitrogen and oxygen atoms in total. The van der Waals surface area contributed by atoms with Crippen molar-refractivity contribution in [1.82, 2.24) is 9.88 Å². The molecule has 7 heteroatoms. The Morgan fingerprint density at radius 2 is 2.04 bits per heavy atom. The van der Waals surface area contributed by atoms with Crippen molar-refractivity contribution < 1.29 is 9.18 Å². The first-order chi connectivity index (χ1) is 12.1. The van der Waals surface area contributed by atoms with Crippen molar-refractivity contribution in [3.63, 3.8) is 0 Å². The van der Waals surface area contributed by atoms with Crippen LogP contribution in [-0.2, 0) is 11.8 Å². The summed E-state index contributed by atoms with van der Waals surface area (Å²) in [6.45, 7) is 0.157. The van der Waals surface area contributed by atoms with Crippen LogP contribution >= 0.6 is 0 Å². The molecule has 3 rings (SSSR count). The lowest BCUT2D eigenvalue weighted by atomic mass is 10.0. The monoisotopic (exact) mass is 342 g/mol. The van der Waals surface area contributed by atoms with Crippen LogP contribution in [0.1, 0.15) is 18.4 Å². The van der Waals surface area contributed by atoms with Gasteiger partial charge in [0, 0.05) is 31.6 Å². The van der Waals surface area contributed by atoms with Crippen LogP contribution in [-0.4, -0.2) is 36.3 Å². The highest BCUT2D eigenvalue weighted by atomic mass is 19.1. The number of amides is 1. The molecule has 0 saturated carbocycles. The third-order valence-electron chi connectivity index (χ3n) is 4.69. The van der Waals surface area contributed by atoms with Gasteiger partial charge in [0.2, 0.25) is 0 Å². The van der Waals surface area contributed by atoms with E-state index in [9.17, 15) is 19.2 Å². The minimum absolute atomic E-state index is 0.0807. The maximum absolute atomic E-state index is 12.5. The zero-order chi connectivity index (χ0) is 18.0. The fourth-order valence-electron chi connectivity index (χ4n) is 3.42. The molecule has 2 aromatic rings. The number of aromatic nitrogens is 1. The van der Waals surface area contributed by atoms with E-state index in [-0.39, 0.29) is 17.2 Å². The van der Waals surface area contributed by atoms with Crippen LogP contribution < -0.4 is 15.8 Å². The summed E-state index contributed by atoms with van der Waals surface area (Å²) in [7, 11) is 1.66. The molecule has 1 fully saturated rings. The van der Waals surface area contributed by atoms with Crippen molar-refractivity contribution in [1.29, 1.82) is 5.26 Å². The molecule has 1 aliphatic rings. The summed E-state index contributed by atoms with van der Waals surface area (Å²) < 4.78 is 13.8. The van der Waals surface area contributed by atoms with Gasteiger partial charge in [0.1, 0.15) is 11.6 Å². The number of nitrogens with zero attached hydrogens (tertiary/aromatic N) is 3. The maximum Gasteiger partial charge on any atom is 0.270 e. The predicted octanol–water partition coefficient (Wildman–Crippen LogP) is 1.46. The van der Waals surface area contributed by atoms with Gasteiger partial charge in [0.25, 0.3) is 11.5 Å². The molecule has 0 atom stereocenters. The van der Waals surface area contributed by atoms with Crippen LogP contribution in [0.5, 0.6) is 0 Å². The number of carbonyl (C=O) groups excluding carboxylic acids is 1. The Labute approximate surface area is 144 Å². The van der Waals surface area contributed by atoms with Gasteiger partial charge in [-0.15, -0.1) is 0 Å². The normalized spacial score (nSPS) is 15.2. The number of para-hydroxylation sites is 1. The summed E-state index contributed by atoms with van der Waals surface area (Å²) in [5.41, 5.74) is 1.24. The van der Waals surface area contributed by atoms with Crippen molar-refractivity contribution in [3.05, 3.63) is 40.2 Å². The third-order valence-corrected chi connectivity index (χ3v) is 4.69. The fraction of sp³-hybridized carbons (Fsp3) is 0.389. The van der Waals surface area contributed by atoms with Crippen molar-refractivity contribution in [3.8, 4) is 6.07 Å². The summed E-state index contributed by atoms with van der Waals surface area (Å²) in [5, 5.41) is 13.0. The van der Waals surface area contributed by atoms with Gasteiger partial charge in [-0.05, 0) is 18.9 Å². The van der Waals surface area contributed by atoms with Gasteiger partial charge in [0.05, 0.1) is 11.2 Å². The number of hydrogen-bond acceptors (Lipinski definition) is 4. The number of pyridine rings is 1. The van der Waals surface area contributed by atoms with E-state index in [2.05, 4.69) is 11.4 Å². The van der Waals surface area contributed by atoms with E-state index in [1.807, 2.05) is 29.2 Å². The number of carbonyl (C=O) groups is 1. The minimum Gasteiger partial charge on any atom is -0.370 e. The lowest BCUT2D eigenvalue weighted by Gasteiger charge is -2.35. The molecule has 1 aliphatic heterocycles. The Balaban J connectivity index is 1.97. The molecule has 1 aromatic carbocycles. The zero-order valence-corrected chi connectivity index (χ0v) is 14.0. The number of anilines is 1. The Kier molecular flexibility index (Phi) is 4.70. The molecular weight excluding hydrogens is 323 g/mol. The molecule has 0 radical (unpaired) electrons. The number of fused-ring (bicyclic) bond motifs is 1. The highest BCUT2D eigenvalue weighted by molar-refractivity contribution is 5.95. The van der Waals surface area contributed by atoms with Crippen LogP contribution in [0.4, 0.5) is 10.1 Å². The molecule has 130 valence electrons. The highest BCUT2D eigenvalue weighted by Gasteiger charge is 2.25. The van der Waals surface area contributed by atoms with Gasteiger partial charge in [-0.2, -0.15) is 5.26 Å². The number of piperidine rings is 1. The van der Waals surface area contributed by atoms with E-state index in [4.69, 9.17) is 0 Å². The molecule has 0 bridgehead atoms. The summed E-state index contributed by atoms with van der Waals surface area (Å²) in [5.74, 6) is -0.602. The quantitative estimate of drug-likeness (QED) is 0.916. The first kappa shape index (κ1) is 17.0. The second-order valence-corrected chi connectivity index (χ2v) is 6.18. The molecule has 0 aliphatic carbocycles. The van der Waals surface area contributed by atoms with Gasteiger partial charge in [-0.1, -0.05) is 18.2 Å². The fourth-order valence-corrected chi connectivity index (χ4v) is 3.42. The molecule has 1 saturated heterocycles. The number of benzene rings is 1. The second-order valence-electron chi connectivity index (χ2n) is 6.18. The number of alkyl halides is 1. The maximum atomic E-state index is 12.5. The van der Waals surface area contributed by atoms with E-state index >= 15 is 0 Å². The first-order valence-corrected chi connectivity index (χ1v) is 8.19. The van der Waals surface area contributed by atoms with Crippen LogP contribution in [0.25, 0.3) is 10.9 Å². The average molecular weight is 342 g/mol. The number of halogens is 1. The summed E-state index contributed by atoms with van der Waals surface area (Å²) in [6.07, 6.45) is 1.28. The van der Waals surface area contributed by atoms with Gasteiger partial charge >= 0.3 is 0 Å². The first-order valence-electron chi connectivity index (χ1n) is 8.19. The standard InChI is InChI=1S/C18H19FN4O2/c1-22-15-5-3-2-4-13(15)17(14(11-20)18(22)25)23-8-6-12(7-9-23)21-16(24)10-19/h2-5,12H,6-10H2,1H3,(H,21,24). The predicted molar refractivity (Wildman–Crippen MR) is 93.3 cm³/mol. The topological polar surface area (TPSA) is 78.1 Å². The van der Waals surface area contributed by atoms with Gasteiger partial charge < -0.3 is 14.8 Å². The zero-order valence-electron chi connectivity index (χ0n) is 14.0. The van der Waals surface area contributed by atoms with E-state index in [1.165, 1.54) is 4.57 Å². The minimum atomic E-state index is -1.02. The van der Waals surface area contributed by atoms with Crippen LogP contribution in [0.3, 0.4) is 0 Å². The van der Waals surface area contributed by atoms with Crippen molar-refractivity contribution in [2.75, 3.05) is 24.7 Å². The third kappa shape index (κ3) is 3.07. The Morgan fingerprint density at radius 3 is 2.68 bits per heavy atom. The van der Waals surface area contributed by atoms with Crippen LogP contribution in [0.15, 0.2) is 29.1 Å². The molecule has 0 spiro atoms. The van der Waals surface area contributed by atoms with Crippen molar-refractivity contribution in [2.24, 2.45) is 7.05 Å². The average Bonchev–Trinajstić information content (AvgIpc) is 2.65. The van der Waals surface area contributed by atoms with Gasteiger partial charge in [-0.25, -0.2) is 4.39 Å². The van der Waals surface area contributed by atoms with Crippen molar-refractivity contribution >= 4 is 22.5 Å². The molecule has 0 unspecified atom stereocenters. The van der Waals surface area contributed by atoms with Gasteiger partial charge in [-0.3, -0.25) is 9.59 Å². The largest absolute Gasteiger partial charge is 0.370 e. The summed E-state index contributed by atoms with van der Waals surface area (Å²) >= 11 is 0. The van der Waals surface area contributed by atoms with E-state index in [1.54, 1.807) is 7.05 Å². The molecular formula is C18H19FN4O2. The summed E-state index contributed by atoms with van der Waals surface area (Å²) in [6, 6.07) is 9.47. The Bertz CT molecular complexity index is 908. The van der Waals surface area contributed by atoms with E-state index in [0.717, 1.165) is 10.9 Å². The smallest absolute Gasteiger partial charge is 0.270 e. The molecule has 1 amide bonds. The van der Waals surface area contributed by atoms with Gasteiger partial charge in [0.15, 0.2) is 6.67 Å². The van der Waals surface area contributed by atoms with Crippen LogP contribution in [0, 0.1) is 11.3 Å². The molecule has 2 heterocycles.